The van der Waals surface area contributed by atoms with Crippen LogP contribution in [0, 0.1) is 5.92 Å². The lowest BCUT2D eigenvalue weighted by Gasteiger charge is -2.35. The van der Waals surface area contributed by atoms with Crippen molar-refractivity contribution in [1.82, 2.24) is 9.80 Å². The quantitative estimate of drug-likeness (QED) is 0.837. The normalized spacial score (nSPS) is 18.9. The fourth-order valence-corrected chi connectivity index (χ4v) is 2.73. The predicted molar refractivity (Wildman–Crippen MR) is 76.7 cm³/mol. The van der Waals surface area contributed by atoms with E-state index in [1.807, 2.05) is 0 Å². The minimum atomic E-state index is -4.47. The molecule has 1 aromatic rings. The minimum absolute atomic E-state index is 0.0294. The summed E-state index contributed by atoms with van der Waals surface area (Å²) in [6, 6.07) is 4.45. The second-order valence-electron chi connectivity index (χ2n) is 5.97. The molecular formula is C16H17F3N2O2. The van der Waals surface area contributed by atoms with Gasteiger partial charge in [-0.2, -0.15) is 13.2 Å². The molecule has 1 aliphatic heterocycles. The molecule has 1 heterocycles. The first-order valence-electron chi connectivity index (χ1n) is 7.61. The lowest BCUT2D eigenvalue weighted by Crippen LogP contribution is -2.51. The third-order valence-corrected chi connectivity index (χ3v) is 4.24. The van der Waals surface area contributed by atoms with E-state index >= 15 is 0 Å². The van der Waals surface area contributed by atoms with E-state index in [9.17, 15) is 22.8 Å². The van der Waals surface area contributed by atoms with Crippen molar-refractivity contribution in [2.75, 3.05) is 26.2 Å². The summed E-state index contributed by atoms with van der Waals surface area (Å²) in [5, 5.41) is 0. The summed E-state index contributed by atoms with van der Waals surface area (Å²) < 4.78 is 38.2. The summed E-state index contributed by atoms with van der Waals surface area (Å²) >= 11 is 0. The predicted octanol–water partition coefficient (Wildman–Crippen LogP) is 2.40. The van der Waals surface area contributed by atoms with E-state index in [1.54, 1.807) is 4.90 Å². The molecule has 0 atom stereocenters. The molecule has 0 aromatic heterocycles. The maximum atomic E-state index is 12.7. The van der Waals surface area contributed by atoms with Crippen LogP contribution < -0.4 is 0 Å². The van der Waals surface area contributed by atoms with Gasteiger partial charge in [-0.05, 0) is 31.0 Å². The van der Waals surface area contributed by atoms with Crippen molar-refractivity contribution in [2.45, 2.75) is 19.0 Å². The number of amides is 2. The first-order chi connectivity index (χ1) is 10.9. The van der Waals surface area contributed by atoms with E-state index in [0.29, 0.717) is 26.2 Å². The molecule has 1 saturated heterocycles. The number of benzene rings is 1. The third kappa shape index (κ3) is 3.48. The van der Waals surface area contributed by atoms with Crippen LogP contribution >= 0.6 is 0 Å². The number of piperazine rings is 1. The topological polar surface area (TPSA) is 40.6 Å². The highest BCUT2D eigenvalue weighted by Gasteiger charge is 2.35. The van der Waals surface area contributed by atoms with Crippen molar-refractivity contribution in [3.05, 3.63) is 35.4 Å². The Labute approximate surface area is 131 Å². The van der Waals surface area contributed by atoms with Crippen molar-refractivity contribution in [3.63, 3.8) is 0 Å². The molecule has 0 N–H and O–H groups in total. The molecule has 0 unspecified atom stereocenters. The zero-order chi connectivity index (χ0) is 16.6. The lowest BCUT2D eigenvalue weighted by molar-refractivity contribution is -0.137. The molecule has 4 nitrogen and oxygen atoms in total. The molecule has 2 fully saturated rings. The van der Waals surface area contributed by atoms with Crippen molar-refractivity contribution in [3.8, 4) is 0 Å². The summed E-state index contributed by atoms with van der Waals surface area (Å²) in [5.74, 6) is -0.147. The van der Waals surface area contributed by atoms with Crippen LogP contribution in [0.3, 0.4) is 0 Å². The number of alkyl halides is 3. The van der Waals surface area contributed by atoms with E-state index in [4.69, 9.17) is 0 Å². The molecule has 2 amide bonds. The van der Waals surface area contributed by atoms with Gasteiger partial charge >= 0.3 is 6.18 Å². The fourth-order valence-electron chi connectivity index (χ4n) is 2.73. The van der Waals surface area contributed by atoms with Crippen LogP contribution in [-0.4, -0.2) is 47.8 Å². The van der Waals surface area contributed by atoms with Crippen molar-refractivity contribution < 1.29 is 22.8 Å². The Morgan fingerprint density at radius 2 is 1.61 bits per heavy atom. The molecule has 7 heteroatoms. The number of carbonyl (C=O) groups is 2. The van der Waals surface area contributed by atoms with Crippen LogP contribution in [0.5, 0.6) is 0 Å². The Hall–Kier alpha value is -2.05. The number of carbonyl (C=O) groups excluding carboxylic acids is 2. The monoisotopic (exact) mass is 326 g/mol. The fraction of sp³-hybridized carbons (Fsp3) is 0.500. The smallest absolute Gasteiger partial charge is 0.339 e. The lowest BCUT2D eigenvalue weighted by atomic mass is 10.1. The van der Waals surface area contributed by atoms with Crippen molar-refractivity contribution >= 4 is 11.8 Å². The Morgan fingerprint density at radius 3 is 2.17 bits per heavy atom. The average Bonchev–Trinajstić information content (AvgIpc) is 3.38. The van der Waals surface area contributed by atoms with E-state index < -0.39 is 17.6 Å². The molecule has 1 saturated carbocycles. The number of nitrogens with zero attached hydrogens (tertiary/aromatic N) is 2. The molecule has 0 bridgehead atoms. The summed E-state index contributed by atoms with van der Waals surface area (Å²) in [6.45, 7) is 1.60. The highest BCUT2D eigenvalue weighted by atomic mass is 19.4. The van der Waals surface area contributed by atoms with Gasteiger partial charge in [-0.3, -0.25) is 9.59 Å². The van der Waals surface area contributed by atoms with Crippen LogP contribution in [0.2, 0.25) is 0 Å². The first-order valence-corrected chi connectivity index (χ1v) is 7.61. The average molecular weight is 326 g/mol. The van der Waals surface area contributed by atoms with E-state index in [0.717, 1.165) is 25.0 Å². The van der Waals surface area contributed by atoms with Crippen LogP contribution in [0.4, 0.5) is 13.2 Å². The number of hydrogen-bond acceptors (Lipinski definition) is 2. The second kappa shape index (κ2) is 5.86. The van der Waals surface area contributed by atoms with Gasteiger partial charge in [0.05, 0.1) is 5.56 Å². The van der Waals surface area contributed by atoms with Gasteiger partial charge in [0.2, 0.25) is 5.91 Å². The highest BCUT2D eigenvalue weighted by molar-refractivity contribution is 5.94. The molecule has 23 heavy (non-hydrogen) atoms. The van der Waals surface area contributed by atoms with Crippen molar-refractivity contribution in [2.24, 2.45) is 5.92 Å². The standard InChI is InChI=1S/C16H17F3N2O2/c17-16(18,19)13-3-1-2-12(10-13)15(23)21-8-6-20(7-9-21)14(22)11-4-5-11/h1-3,10-11H,4-9H2. The third-order valence-electron chi connectivity index (χ3n) is 4.24. The van der Waals surface area contributed by atoms with Crippen LogP contribution in [0.15, 0.2) is 24.3 Å². The summed E-state index contributed by atoms with van der Waals surface area (Å²) in [6.07, 6.45) is -2.60. The van der Waals surface area contributed by atoms with E-state index in [-0.39, 0.29) is 17.4 Å². The van der Waals surface area contributed by atoms with E-state index in [1.165, 1.54) is 17.0 Å². The van der Waals surface area contributed by atoms with Gasteiger partial charge in [-0.25, -0.2) is 0 Å². The van der Waals surface area contributed by atoms with Gasteiger partial charge in [0, 0.05) is 37.7 Å². The van der Waals surface area contributed by atoms with E-state index in [2.05, 4.69) is 0 Å². The van der Waals surface area contributed by atoms with Crippen molar-refractivity contribution in [1.29, 1.82) is 0 Å². The van der Waals surface area contributed by atoms with Gasteiger partial charge < -0.3 is 9.80 Å². The highest BCUT2D eigenvalue weighted by Crippen LogP contribution is 2.32. The van der Waals surface area contributed by atoms with Gasteiger partial charge in [0.25, 0.3) is 5.91 Å². The molecular weight excluding hydrogens is 309 g/mol. The molecule has 1 aromatic carbocycles. The number of rotatable bonds is 2. The number of hydrogen-bond donors (Lipinski definition) is 0. The molecule has 0 spiro atoms. The number of halogens is 3. The Kier molecular flexibility index (Phi) is 4.04. The zero-order valence-corrected chi connectivity index (χ0v) is 12.5. The maximum Gasteiger partial charge on any atom is 0.416 e. The summed E-state index contributed by atoms with van der Waals surface area (Å²) in [5.41, 5.74) is -0.798. The molecule has 124 valence electrons. The Morgan fingerprint density at radius 1 is 1.00 bits per heavy atom. The maximum absolute atomic E-state index is 12.7. The SMILES string of the molecule is O=C(c1cccc(C(F)(F)F)c1)N1CCN(C(=O)C2CC2)CC1. The van der Waals surface area contributed by atoms with Gasteiger partial charge in [0.1, 0.15) is 0 Å². The minimum Gasteiger partial charge on any atom is -0.339 e. The summed E-state index contributed by atoms with van der Waals surface area (Å²) in [7, 11) is 0. The Balaban J connectivity index is 1.64. The molecule has 3 rings (SSSR count). The van der Waals surface area contributed by atoms with Gasteiger partial charge in [-0.1, -0.05) is 6.07 Å². The summed E-state index contributed by atoms with van der Waals surface area (Å²) in [4.78, 5) is 27.6. The zero-order valence-electron chi connectivity index (χ0n) is 12.5. The largest absolute Gasteiger partial charge is 0.416 e. The first kappa shape index (κ1) is 15.8. The molecule has 0 radical (unpaired) electrons. The molecule has 1 aliphatic carbocycles. The van der Waals surface area contributed by atoms with Gasteiger partial charge in [0.15, 0.2) is 0 Å². The molecule has 2 aliphatic rings. The van der Waals surface area contributed by atoms with Crippen LogP contribution in [-0.2, 0) is 11.0 Å². The second-order valence-corrected chi connectivity index (χ2v) is 5.97. The van der Waals surface area contributed by atoms with Crippen LogP contribution in [0.25, 0.3) is 0 Å². The van der Waals surface area contributed by atoms with Gasteiger partial charge in [-0.15, -0.1) is 0 Å². The Bertz CT molecular complexity index is 618. The van der Waals surface area contributed by atoms with Crippen LogP contribution in [0.1, 0.15) is 28.8 Å².